The molecular formula is C20H32O5. The monoisotopic (exact) mass is 352 g/mol. The first kappa shape index (κ1) is 21.6. The first-order valence-electron chi connectivity index (χ1n) is 9.41. The third-order valence-corrected chi connectivity index (χ3v) is 4.55. The van der Waals surface area contributed by atoms with Crippen LogP contribution in [-0.2, 0) is 9.59 Å². The van der Waals surface area contributed by atoms with Crippen LogP contribution >= 0.6 is 0 Å². The third kappa shape index (κ3) is 9.56. The maximum atomic E-state index is 12.0. The Bertz CT molecular complexity index is 490. The maximum Gasteiger partial charge on any atom is 0.303 e. The Morgan fingerprint density at radius 3 is 2.48 bits per heavy atom. The van der Waals surface area contributed by atoms with E-state index in [-0.39, 0.29) is 18.3 Å². The van der Waals surface area contributed by atoms with Crippen molar-refractivity contribution in [1.29, 1.82) is 0 Å². The molecule has 0 saturated heterocycles. The van der Waals surface area contributed by atoms with Crippen molar-refractivity contribution in [3.05, 3.63) is 23.3 Å². The number of aliphatic hydroxyl groups excluding tert-OH is 2. The summed E-state index contributed by atoms with van der Waals surface area (Å²) in [7, 11) is 0. The van der Waals surface area contributed by atoms with Crippen LogP contribution in [0.3, 0.4) is 0 Å². The van der Waals surface area contributed by atoms with Crippen molar-refractivity contribution >= 4 is 11.8 Å². The smallest absolute Gasteiger partial charge is 0.303 e. The molecule has 0 aromatic rings. The van der Waals surface area contributed by atoms with Crippen molar-refractivity contribution in [2.45, 2.75) is 89.8 Å². The fourth-order valence-corrected chi connectivity index (χ4v) is 3.09. The summed E-state index contributed by atoms with van der Waals surface area (Å²) < 4.78 is 0. The number of carbonyl (C=O) groups excluding carboxylic acids is 1. The highest BCUT2D eigenvalue weighted by Gasteiger charge is 2.20. The molecule has 0 aliphatic heterocycles. The van der Waals surface area contributed by atoms with Gasteiger partial charge in [0.25, 0.3) is 0 Å². The number of carboxylic acid groups (broad SMARTS) is 1. The summed E-state index contributed by atoms with van der Waals surface area (Å²) in [6.07, 6.45) is 10.5. The van der Waals surface area contributed by atoms with Gasteiger partial charge in [0.05, 0.1) is 12.2 Å². The van der Waals surface area contributed by atoms with Gasteiger partial charge in [-0.2, -0.15) is 0 Å². The van der Waals surface area contributed by atoms with Gasteiger partial charge in [0.15, 0.2) is 5.78 Å². The van der Waals surface area contributed by atoms with Crippen molar-refractivity contribution < 1.29 is 24.9 Å². The summed E-state index contributed by atoms with van der Waals surface area (Å²) in [4.78, 5) is 22.5. The molecular weight excluding hydrogens is 320 g/mol. The van der Waals surface area contributed by atoms with E-state index in [9.17, 15) is 19.8 Å². The Hall–Kier alpha value is -1.46. The number of carbonyl (C=O) groups is 2. The van der Waals surface area contributed by atoms with E-state index in [1.165, 1.54) is 0 Å². The highest BCUT2D eigenvalue weighted by molar-refractivity contribution is 5.99. The van der Waals surface area contributed by atoms with Gasteiger partial charge in [-0.15, -0.1) is 0 Å². The lowest BCUT2D eigenvalue weighted by Gasteiger charge is -2.07. The van der Waals surface area contributed by atoms with Gasteiger partial charge >= 0.3 is 5.97 Å². The third-order valence-electron chi connectivity index (χ3n) is 4.55. The number of allylic oxidation sites excluding steroid dienone is 3. The van der Waals surface area contributed by atoms with Gasteiger partial charge in [0.1, 0.15) is 0 Å². The minimum absolute atomic E-state index is 0.203. The van der Waals surface area contributed by atoms with Crippen molar-refractivity contribution in [3.63, 3.8) is 0 Å². The van der Waals surface area contributed by atoms with E-state index in [0.717, 1.165) is 49.7 Å². The molecule has 0 saturated carbocycles. The molecule has 3 N–H and O–H groups in total. The molecule has 0 spiro atoms. The molecule has 1 aliphatic rings. The first-order chi connectivity index (χ1) is 11.9. The molecule has 142 valence electrons. The molecule has 0 amide bonds. The van der Waals surface area contributed by atoms with Crippen LogP contribution in [0.4, 0.5) is 0 Å². The average Bonchev–Trinajstić information content (AvgIpc) is 2.88. The van der Waals surface area contributed by atoms with E-state index in [2.05, 4.69) is 0 Å². The zero-order chi connectivity index (χ0) is 18.7. The van der Waals surface area contributed by atoms with Crippen molar-refractivity contribution in [3.8, 4) is 0 Å². The molecule has 0 aromatic heterocycles. The second-order valence-corrected chi connectivity index (χ2v) is 6.94. The number of hydrogen-bond acceptors (Lipinski definition) is 4. The number of carboxylic acids is 1. The predicted molar refractivity (Wildman–Crippen MR) is 97.3 cm³/mol. The Kier molecular flexibility index (Phi) is 10.3. The van der Waals surface area contributed by atoms with Crippen molar-refractivity contribution in [1.82, 2.24) is 0 Å². The highest BCUT2D eigenvalue weighted by atomic mass is 16.4. The van der Waals surface area contributed by atoms with Gasteiger partial charge in [0, 0.05) is 12.8 Å². The molecule has 5 heteroatoms. The van der Waals surface area contributed by atoms with Gasteiger partial charge in [-0.25, -0.2) is 0 Å². The summed E-state index contributed by atoms with van der Waals surface area (Å²) in [6, 6.07) is 0. The molecule has 5 nitrogen and oxygen atoms in total. The molecule has 2 atom stereocenters. The van der Waals surface area contributed by atoms with Crippen LogP contribution in [0, 0.1) is 0 Å². The van der Waals surface area contributed by atoms with Gasteiger partial charge < -0.3 is 15.3 Å². The topological polar surface area (TPSA) is 94.8 Å². The average molecular weight is 352 g/mol. The molecule has 1 rings (SSSR count). The Morgan fingerprint density at radius 2 is 1.80 bits per heavy atom. The summed E-state index contributed by atoms with van der Waals surface area (Å²) in [5.41, 5.74) is 1.91. The summed E-state index contributed by atoms with van der Waals surface area (Å²) >= 11 is 0. The summed E-state index contributed by atoms with van der Waals surface area (Å²) in [6.45, 7) is 1.74. The lowest BCUT2D eigenvalue weighted by molar-refractivity contribution is -0.137. The Morgan fingerprint density at radius 1 is 1.08 bits per heavy atom. The second kappa shape index (κ2) is 12.0. The Labute approximate surface area is 150 Å². The van der Waals surface area contributed by atoms with E-state index in [0.29, 0.717) is 25.7 Å². The Balaban J connectivity index is 2.39. The quantitative estimate of drug-likeness (QED) is 0.441. The minimum Gasteiger partial charge on any atom is -0.481 e. The fourth-order valence-electron chi connectivity index (χ4n) is 3.09. The molecule has 0 radical (unpaired) electrons. The van der Waals surface area contributed by atoms with Crippen molar-refractivity contribution in [2.75, 3.05) is 0 Å². The summed E-state index contributed by atoms with van der Waals surface area (Å²) in [5.74, 6) is -0.554. The number of unbranched alkanes of at least 4 members (excludes halogenated alkanes) is 3. The first-order valence-corrected chi connectivity index (χ1v) is 9.41. The normalized spacial score (nSPS) is 17.5. The second-order valence-electron chi connectivity index (χ2n) is 6.94. The summed E-state index contributed by atoms with van der Waals surface area (Å²) in [5, 5.41) is 27.8. The number of aliphatic carboxylic acids is 1. The minimum atomic E-state index is -0.756. The van der Waals surface area contributed by atoms with Gasteiger partial charge in [-0.1, -0.05) is 25.0 Å². The maximum absolute atomic E-state index is 12.0. The molecule has 0 heterocycles. The fraction of sp³-hybridized carbons (Fsp3) is 0.700. The van der Waals surface area contributed by atoms with Gasteiger partial charge in [-0.05, 0) is 63.0 Å². The van der Waals surface area contributed by atoms with Crippen LogP contribution in [0.15, 0.2) is 23.3 Å². The number of aliphatic hydroxyl groups is 2. The van der Waals surface area contributed by atoms with Crippen molar-refractivity contribution in [2.24, 2.45) is 0 Å². The molecule has 0 aromatic carbocycles. The zero-order valence-corrected chi connectivity index (χ0v) is 15.2. The highest BCUT2D eigenvalue weighted by Crippen LogP contribution is 2.28. The SMILES string of the molecule is C[C@H](O)CCC[C@@H](O)/C=C\C1=C(CCCCCCC(=O)O)C(=O)CC1. The van der Waals surface area contributed by atoms with E-state index in [4.69, 9.17) is 5.11 Å². The van der Waals surface area contributed by atoms with Crippen LogP contribution in [0.1, 0.15) is 77.6 Å². The van der Waals surface area contributed by atoms with E-state index in [1.807, 2.05) is 6.08 Å². The van der Waals surface area contributed by atoms with Gasteiger partial charge in [0.2, 0.25) is 0 Å². The lowest BCUT2D eigenvalue weighted by atomic mass is 10.0. The standard InChI is InChI=1S/C20H32O5/c1-15(21)7-6-8-17(22)13-11-16-12-14-19(23)18(16)9-4-2-3-5-10-20(24)25/h11,13,15,17,21-22H,2-10,12,14H2,1H3,(H,24,25)/b13-11-/t15-,17+/m0/s1. The predicted octanol–water partition coefficient (Wildman–Crippen LogP) is 3.54. The number of hydrogen-bond donors (Lipinski definition) is 3. The number of ketones is 1. The van der Waals surface area contributed by atoms with Crippen LogP contribution < -0.4 is 0 Å². The molecule has 0 unspecified atom stereocenters. The largest absolute Gasteiger partial charge is 0.481 e. The molecule has 0 fully saturated rings. The van der Waals surface area contributed by atoms with Crippen LogP contribution in [0.2, 0.25) is 0 Å². The zero-order valence-electron chi connectivity index (χ0n) is 15.2. The van der Waals surface area contributed by atoms with E-state index >= 15 is 0 Å². The van der Waals surface area contributed by atoms with E-state index < -0.39 is 12.1 Å². The molecule has 25 heavy (non-hydrogen) atoms. The van der Waals surface area contributed by atoms with E-state index in [1.54, 1.807) is 13.0 Å². The molecule has 1 aliphatic carbocycles. The van der Waals surface area contributed by atoms with Gasteiger partial charge in [-0.3, -0.25) is 9.59 Å². The van der Waals surface area contributed by atoms with Crippen LogP contribution in [0.25, 0.3) is 0 Å². The number of Topliss-reactive ketones (excluding diaryl/α,β-unsaturated/α-hetero) is 1. The van der Waals surface area contributed by atoms with Crippen LogP contribution in [0.5, 0.6) is 0 Å². The number of rotatable bonds is 13. The lowest BCUT2D eigenvalue weighted by Crippen LogP contribution is -2.05. The van der Waals surface area contributed by atoms with Crippen LogP contribution in [-0.4, -0.2) is 39.3 Å². The molecule has 0 bridgehead atoms.